The van der Waals surface area contributed by atoms with Gasteiger partial charge in [-0.25, -0.2) is 4.79 Å². The summed E-state index contributed by atoms with van der Waals surface area (Å²) < 4.78 is 5.02. The third kappa shape index (κ3) is 9.27. The molecular formula is C10H18N6O2. The number of nitrogens with zero attached hydrogens (tertiary/aromatic N) is 4. The standard InChI is InChI=1S/C10H18N6O2/c1-10(2,3)18-9(17)14-7-8(6-11)13-4-5-15-16-12/h8,13H,4-5,7H2,1-3H3,(H,14,17). The number of ether oxygens (including phenoxy) is 1. The van der Waals surface area contributed by atoms with Gasteiger partial charge in [0.15, 0.2) is 0 Å². The Kier molecular flexibility index (Phi) is 7.28. The number of nitrogens with one attached hydrogen (secondary N) is 2. The molecule has 100 valence electrons. The van der Waals surface area contributed by atoms with Crippen molar-refractivity contribution in [1.29, 1.82) is 5.26 Å². The van der Waals surface area contributed by atoms with Gasteiger partial charge in [-0.05, 0) is 26.3 Å². The predicted molar refractivity (Wildman–Crippen MR) is 65.7 cm³/mol. The Hall–Kier alpha value is -1.97. The Bertz CT molecular complexity index is 350. The van der Waals surface area contributed by atoms with E-state index in [0.717, 1.165) is 0 Å². The summed E-state index contributed by atoms with van der Waals surface area (Å²) in [6, 6.07) is 1.43. The van der Waals surface area contributed by atoms with Crippen LogP contribution >= 0.6 is 0 Å². The molecule has 0 aliphatic rings. The van der Waals surface area contributed by atoms with Crippen molar-refractivity contribution < 1.29 is 9.53 Å². The summed E-state index contributed by atoms with van der Waals surface area (Å²) in [5.41, 5.74) is 7.50. The molecule has 0 radical (unpaired) electrons. The molecular weight excluding hydrogens is 236 g/mol. The predicted octanol–water partition coefficient (Wildman–Crippen LogP) is 1.30. The summed E-state index contributed by atoms with van der Waals surface area (Å²) in [5.74, 6) is 0. The molecule has 1 atom stereocenters. The normalized spacial score (nSPS) is 11.9. The first kappa shape index (κ1) is 16.0. The zero-order valence-electron chi connectivity index (χ0n) is 10.8. The number of hydrogen-bond donors (Lipinski definition) is 2. The quantitative estimate of drug-likeness (QED) is 0.321. The lowest BCUT2D eigenvalue weighted by Crippen LogP contribution is -2.42. The molecule has 0 saturated heterocycles. The number of azide groups is 1. The first-order chi connectivity index (χ1) is 8.39. The van der Waals surface area contributed by atoms with E-state index in [9.17, 15) is 4.79 Å². The summed E-state index contributed by atoms with van der Waals surface area (Å²) in [5, 5.41) is 17.4. The lowest BCUT2D eigenvalue weighted by Gasteiger charge is -2.20. The highest BCUT2D eigenvalue weighted by molar-refractivity contribution is 5.67. The van der Waals surface area contributed by atoms with Crippen LogP contribution < -0.4 is 10.6 Å². The van der Waals surface area contributed by atoms with Crippen LogP contribution in [0.5, 0.6) is 0 Å². The van der Waals surface area contributed by atoms with Gasteiger partial charge in [-0.1, -0.05) is 5.11 Å². The molecule has 0 fully saturated rings. The largest absolute Gasteiger partial charge is 0.444 e. The average molecular weight is 254 g/mol. The highest BCUT2D eigenvalue weighted by Crippen LogP contribution is 2.06. The van der Waals surface area contributed by atoms with Gasteiger partial charge in [0.05, 0.1) is 6.07 Å². The molecule has 1 unspecified atom stereocenters. The van der Waals surface area contributed by atoms with Crippen LogP contribution in [0.1, 0.15) is 20.8 Å². The Morgan fingerprint density at radius 2 is 2.28 bits per heavy atom. The van der Waals surface area contributed by atoms with E-state index < -0.39 is 17.7 Å². The van der Waals surface area contributed by atoms with Crippen molar-refractivity contribution in [2.24, 2.45) is 5.11 Å². The van der Waals surface area contributed by atoms with Crippen LogP contribution in [0.25, 0.3) is 10.4 Å². The molecule has 0 aliphatic heterocycles. The molecule has 1 amide bonds. The molecule has 0 saturated carbocycles. The highest BCUT2D eigenvalue weighted by Gasteiger charge is 2.16. The second kappa shape index (κ2) is 8.17. The second-order valence-corrected chi connectivity index (χ2v) is 4.47. The van der Waals surface area contributed by atoms with E-state index >= 15 is 0 Å². The minimum Gasteiger partial charge on any atom is -0.444 e. The number of amides is 1. The van der Waals surface area contributed by atoms with Crippen molar-refractivity contribution >= 4 is 6.09 Å². The summed E-state index contributed by atoms with van der Waals surface area (Å²) in [6.45, 7) is 6.02. The van der Waals surface area contributed by atoms with Crippen LogP contribution in [0.15, 0.2) is 5.11 Å². The molecule has 0 aromatic heterocycles. The second-order valence-electron chi connectivity index (χ2n) is 4.47. The molecule has 18 heavy (non-hydrogen) atoms. The number of hydrogen-bond acceptors (Lipinski definition) is 5. The Morgan fingerprint density at radius 3 is 2.78 bits per heavy atom. The molecule has 0 aromatic rings. The van der Waals surface area contributed by atoms with Crippen molar-refractivity contribution in [2.75, 3.05) is 19.6 Å². The van der Waals surface area contributed by atoms with E-state index in [-0.39, 0.29) is 13.1 Å². The summed E-state index contributed by atoms with van der Waals surface area (Å²) in [7, 11) is 0. The molecule has 2 N–H and O–H groups in total. The van der Waals surface area contributed by atoms with Gasteiger partial charge in [0.1, 0.15) is 11.6 Å². The van der Waals surface area contributed by atoms with Crippen LogP contribution in [-0.2, 0) is 4.74 Å². The van der Waals surface area contributed by atoms with E-state index in [1.54, 1.807) is 20.8 Å². The van der Waals surface area contributed by atoms with Crippen LogP contribution in [0.4, 0.5) is 4.79 Å². The fourth-order valence-corrected chi connectivity index (χ4v) is 0.997. The van der Waals surface area contributed by atoms with Gasteiger partial charge in [0.25, 0.3) is 0 Å². The van der Waals surface area contributed by atoms with Crippen molar-refractivity contribution in [2.45, 2.75) is 32.4 Å². The fourth-order valence-electron chi connectivity index (χ4n) is 0.997. The van der Waals surface area contributed by atoms with Crippen LogP contribution in [0.2, 0.25) is 0 Å². The monoisotopic (exact) mass is 254 g/mol. The number of carbonyl (C=O) groups excluding carboxylic acids is 1. The minimum atomic E-state index is -0.570. The summed E-state index contributed by atoms with van der Waals surface area (Å²) in [6.07, 6.45) is -0.570. The number of rotatable bonds is 6. The number of carbonyl (C=O) groups is 1. The van der Waals surface area contributed by atoms with Gasteiger partial charge in [0.2, 0.25) is 0 Å². The van der Waals surface area contributed by atoms with Gasteiger partial charge in [-0.15, -0.1) is 0 Å². The Labute approximate surface area is 106 Å². The van der Waals surface area contributed by atoms with Crippen LogP contribution in [-0.4, -0.2) is 37.4 Å². The van der Waals surface area contributed by atoms with Crippen molar-refractivity contribution in [1.82, 2.24) is 10.6 Å². The molecule has 0 rings (SSSR count). The molecule has 0 bridgehead atoms. The molecule has 0 aromatic carbocycles. The maximum absolute atomic E-state index is 11.3. The van der Waals surface area contributed by atoms with Crippen LogP contribution in [0, 0.1) is 11.3 Å². The first-order valence-electron chi connectivity index (χ1n) is 5.49. The summed E-state index contributed by atoms with van der Waals surface area (Å²) in [4.78, 5) is 13.9. The van der Waals surface area contributed by atoms with E-state index in [4.69, 9.17) is 15.5 Å². The molecule has 8 nitrogen and oxygen atoms in total. The first-order valence-corrected chi connectivity index (χ1v) is 5.49. The van der Waals surface area contributed by atoms with E-state index in [0.29, 0.717) is 6.54 Å². The zero-order chi connectivity index (χ0) is 14.0. The van der Waals surface area contributed by atoms with Crippen molar-refractivity contribution in [3.05, 3.63) is 10.4 Å². The maximum atomic E-state index is 11.3. The smallest absolute Gasteiger partial charge is 0.407 e. The Balaban J connectivity index is 3.90. The maximum Gasteiger partial charge on any atom is 0.407 e. The van der Waals surface area contributed by atoms with Gasteiger partial charge in [-0.2, -0.15) is 5.26 Å². The lowest BCUT2D eigenvalue weighted by atomic mass is 10.2. The lowest BCUT2D eigenvalue weighted by molar-refractivity contribution is 0.0525. The Morgan fingerprint density at radius 1 is 1.61 bits per heavy atom. The van der Waals surface area contributed by atoms with Gasteiger partial charge in [0, 0.05) is 24.5 Å². The van der Waals surface area contributed by atoms with E-state index in [2.05, 4.69) is 20.7 Å². The highest BCUT2D eigenvalue weighted by atomic mass is 16.6. The average Bonchev–Trinajstić information content (AvgIpc) is 2.26. The zero-order valence-corrected chi connectivity index (χ0v) is 10.8. The number of nitriles is 1. The fraction of sp³-hybridized carbons (Fsp3) is 0.800. The summed E-state index contributed by atoms with van der Waals surface area (Å²) >= 11 is 0. The van der Waals surface area contributed by atoms with Crippen molar-refractivity contribution in [3.63, 3.8) is 0 Å². The molecule has 0 spiro atoms. The molecule has 0 aliphatic carbocycles. The third-order valence-corrected chi connectivity index (χ3v) is 1.67. The minimum absolute atomic E-state index is 0.127. The van der Waals surface area contributed by atoms with E-state index in [1.165, 1.54) is 0 Å². The molecule has 8 heteroatoms. The van der Waals surface area contributed by atoms with Crippen LogP contribution in [0.3, 0.4) is 0 Å². The van der Waals surface area contributed by atoms with Gasteiger partial charge in [-0.3, -0.25) is 0 Å². The van der Waals surface area contributed by atoms with E-state index in [1.807, 2.05) is 6.07 Å². The number of alkyl carbamates (subject to hydrolysis) is 1. The molecule has 0 heterocycles. The van der Waals surface area contributed by atoms with Gasteiger partial charge >= 0.3 is 6.09 Å². The SMILES string of the molecule is CC(C)(C)OC(=O)NCC(C#N)NCCN=[N+]=[N-]. The van der Waals surface area contributed by atoms with Crippen molar-refractivity contribution in [3.8, 4) is 6.07 Å². The third-order valence-electron chi connectivity index (χ3n) is 1.67. The van der Waals surface area contributed by atoms with Gasteiger partial charge < -0.3 is 15.4 Å². The topological polar surface area (TPSA) is 123 Å².